The van der Waals surface area contributed by atoms with Crippen LogP contribution in [0, 0.1) is 0 Å². The van der Waals surface area contributed by atoms with Gasteiger partial charge in [0.25, 0.3) is 0 Å². The van der Waals surface area contributed by atoms with Crippen molar-refractivity contribution in [2.24, 2.45) is 0 Å². The fraction of sp³-hybridized carbons (Fsp3) is 0.550. The van der Waals surface area contributed by atoms with Crippen LogP contribution in [0.5, 0.6) is 0 Å². The molecule has 0 aliphatic carbocycles. The van der Waals surface area contributed by atoms with Crippen molar-refractivity contribution in [2.75, 3.05) is 26.7 Å². The lowest BCUT2D eigenvalue weighted by molar-refractivity contribution is 0.0443. The Morgan fingerprint density at radius 3 is 2.84 bits per heavy atom. The molecule has 2 aliphatic rings. The zero-order chi connectivity index (χ0) is 17.4. The van der Waals surface area contributed by atoms with Gasteiger partial charge in [0.05, 0.1) is 6.54 Å². The van der Waals surface area contributed by atoms with Crippen molar-refractivity contribution in [1.82, 2.24) is 14.4 Å². The summed E-state index contributed by atoms with van der Waals surface area (Å²) in [5.41, 5.74) is 2.44. The van der Waals surface area contributed by atoms with Crippen molar-refractivity contribution in [3.8, 4) is 0 Å². The van der Waals surface area contributed by atoms with E-state index in [-0.39, 0.29) is 11.7 Å². The summed E-state index contributed by atoms with van der Waals surface area (Å²) in [6, 6.07) is 8.85. The molecule has 0 unspecified atom stereocenters. The fourth-order valence-electron chi connectivity index (χ4n) is 4.38. The van der Waals surface area contributed by atoms with Gasteiger partial charge in [0, 0.05) is 50.2 Å². The van der Waals surface area contributed by atoms with E-state index in [0.29, 0.717) is 0 Å². The van der Waals surface area contributed by atoms with Gasteiger partial charge in [-0.2, -0.15) is 0 Å². The SMILES string of the molecule is CCn1ccc2c(CN3CCC[C@@]4(CC3)CN(C)C(=O)O4)cccc21. The van der Waals surface area contributed by atoms with E-state index in [0.717, 1.165) is 52.0 Å². The number of rotatable bonds is 3. The number of carbonyl (C=O) groups excluding carboxylic acids is 1. The van der Waals surface area contributed by atoms with Gasteiger partial charge in [0.1, 0.15) is 5.60 Å². The van der Waals surface area contributed by atoms with E-state index in [1.54, 1.807) is 4.90 Å². The predicted octanol–water partition coefficient (Wildman–Crippen LogP) is 3.47. The first kappa shape index (κ1) is 16.5. The van der Waals surface area contributed by atoms with Gasteiger partial charge in [0.15, 0.2) is 0 Å². The van der Waals surface area contributed by atoms with E-state index in [2.05, 4.69) is 46.9 Å². The lowest BCUT2D eigenvalue weighted by Crippen LogP contribution is -2.35. The van der Waals surface area contributed by atoms with Crippen LogP contribution in [0.15, 0.2) is 30.5 Å². The number of amides is 1. The Labute approximate surface area is 149 Å². The van der Waals surface area contributed by atoms with Crippen LogP contribution in [-0.2, 0) is 17.8 Å². The number of fused-ring (bicyclic) bond motifs is 1. The van der Waals surface area contributed by atoms with Gasteiger partial charge in [-0.25, -0.2) is 4.79 Å². The Morgan fingerprint density at radius 2 is 2.08 bits per heavy atom. The molecule has 4 rings (SSSR count). The number of likely N-dealkylation sites (tertiary alicyclic amines) is 1. The second-order valence-electron chi connectivity index (χ2n) is 7.49. The van der Waals surface area contributed by atoms with Crippen LogP contribution in [0.25, 0.3) is 10.9 Å². The van der Waals surface area contributed by atoms with Crippen LogP contribution in [0.1, 0.15) is 31.7 Å². The van der Waals surface area contributed by atoms with Gasteiger partial charge in [-0.1, -0.05) is 12.1 Å². The molecule has 0 radical (unpaired) electrons. The van der Waals surface area contributed by atoms with Gasteiger partial charge in [-0.05, 0) is 44.0 Å². The number of hydrogen-bond acceptors (Lipinski definition) is 3. The molecule has 3 heterocycles. The number of aryl methyl sites for hydroxylation is 1. The summed E-state index contributed by atoms with van der Waals surface area (Å²) >= 11 is 0. The number of hydrogen-bond donors (Lipinski definition) is 0. The van der Waals surface area contributed by atoms with E-state index in [1.165, 1.54) is 16.5 Å². The highest BCUT2D eigenvalue weighted by Crippen LogP contribution is 2.33. The first-order valence-electron chi connectivity index (χ1n) is 9.33. The van der Waals surface area contributed by atoms with Crippen LogP contribution >= 0.6 is 0 Å². The topological polar surface area (TPSA) is 37.7 Å². The normalized spacial score (nSPS) is 24.9. The van der Waals surface area contributed by atoms with Crippen molar-refractivity contribution in [2.45, 2.75) is 44.9 Å². The van der Waals surface area contributed by atoms with Crippen molar-refractivity contribution in [3.63, 3.8) is 0 Å². The summed E-state index contributed by atoms with van der Waals surface area (Å²) in [6.45, 7) is 6.91. The summed E-state index contributed by atoms with van der Waals surface area (Å²) in [4.78, 5) is 16.0. The maximum absolute atomic E-state index is 11.8. The minimum absolute atomic E-state index is 0.167. The molecule has 0 bridgehead atoms. The zero-order valence-corrected chi connectivity index (χ0v) is 15.2. The second-order valence-corrected chi connectivity index (χ2v) is 7.49. The number of likely N-dealkylation sites (N-methyl/N-ethyl adjacent to an activating group) is 1. The number of nitrogens with zero attached hydrogens (tertiary/aromatic N) is 3. The molecule has 1 spiro atoms. The minimum atomic E-state index is -0.266. The molecule has 2 aliphatic heterocycles. The summed E-state index contributed by atoms with van der Waals surface area (Å²) in [6.07, 6.45) is 4.98. The first-order valence-corrected chi connectivity index (χ1v) is 9.33. The predicted molar refractivity (Wildman–Crippen MR) is 98.6 cm³/mol. The van der Waals surface area contributed by atoms with E-state index in [4.69, 9.17) is 4.74 Å². The molecule has 5 heteroatoms. The van der Waals surface area contributed by atoms with Gasteiger partial charge in [-0.3, -0.25) is 4.90 Å². The molecular formula is C20H27N3O2. The Kier molecular flexibility index (Phi) is 4.20. The van der Waals surface area contributed by atoms with Crippen molar-refractivity contribution < 1.29 is 9.53 Å². The fourth-order valence-corrected chi connectivity index (χ4v) is 4.38. The lowest BCUT2D eigenvalue weighted by Gasteiger charge is -2.25. The highest BCUT2D eigenvalue weighted by atomic mass is 16.6. The van der Waals surface area contributed by atoms with Gasteiger partial charge >= 0.3 is 6.09 Å². The largest absolute Gasteiger partial charge is 0.441 e. The average molecular weight is 341 g/mol. The first-order chi connectivity index (χ1) is 12.1. The number of benzene rings is 1. The molecule has 25 heavy (non-hydrogen) atoms. The molecular weight excluding hydrogens is 314 g/mol. The van der Waals surface area contributed by atoms with Crippen molar-refractivity contribution >= 4 is 17.0 Å². The molecule has 0 N–H and O–H groups in total. The van der Waals surface area contributed by atoms with Crippen molar-refractivity contribution in [1.29, 1.82) is 0 Å². The summed E-state index contributed by atoms with van der Waals surface area (Å²) in [5.74, 6) is 0. The molecule has 2 fully saturated rings. The van der Waals surface area contributed by atoms with Crippen LogP contribution < -0.4 is 0 Å². The lowest BCUT2D eigenvalue weighted by atomic mass is 9.95. The van der Waals surface area contributed by atoms with Crippen molar-refractivity contribution in [3.05, 3.63) is 36.0 Å². The third-order valence-electron chi connectivity index (χ3n) is 5.77. The minimum Gasteiger partial charge on any atom is -0.441 e. The Morgan fingerprint density at radius 1 is 1.20 bits per heavy atom. The third-order valence-corrected chi connectivity index (χ3v) is 5.77. The third kappa shape index (κ3) is 3.01. The van der Waals surface area contributed by atoms with Crippen LogP contribution in [-0.4, -0.2) is 52.7 Å². The van der Waals surface area contributed by atoms with E-state index < -0.39 is 0 Å². The molecule has 1 atom stereocenters. The van der Waals surface area contributed by atoms with Crippen LogP contribution in [0.4, 0.5) is 4.79 Å². The van der Waals surface area contributed by atoms with E-state index in [1.807, 2.05) is 7.05 Å². The highest BCUT2D eigenvalue weighted by Gasteiger charge is 2.44. The van der Waals surface area contributed by atoms with E-state index in [9.17, 15) is 4.79 Å². The summed E-state index contributed by atoms with van der Waals surface area (Å²) in [7, 11) is 1.83. The standard InChI is InChI=1S/C20H27N3O2/c1-3-23-12-8-17-16(6-4-7-18(17)23)14-22-11-5-9-20(10-13-22)15-21(2)19(24)25-20/h4,6-8,12H,3,5,9-11,13-15H2,1-2H3/t20-/m1/s1. The summed E-state index contributed by atoms with van der Waals surface area (Å²) < 4.78 is 8.02. The van der Waals surface area contributed by atoms with Gasteiger partial charge < -0.3 is 14.2 Å². The van der Waals surface area contributed by atoms with Gasteiger partial charge in [-0.15, -0.1) is 0 Å². The Balaban J connectivity index is 1.49. The number of aromatic nitrogens is 1. The molecule has 5 nitrogen and oxygen atoms in total. The zero-order valence-electron chi connectivity index (χ0n) is 15.2. The maximum atomic E-state index is 11.8. The Bertz CT molecular complexity index is 784. The molecule has 2 aromatic rings. The molecule has 0 saturated carbocycles. The number of carbonyl (C=O) groups is 1. The molecule has 134 valence electrons. The molecule has 2 saturated heterocycles. The molecule has 1 aromatic carbocycles. The molecule has 1 aromatic heterocycles. The van der Waals surface area contributed by atoms with Crippen LogP contribution in [0.3, 0.4) is 0 Å². The van der Waals surface area contributed by atoms with Crippen LogP contribution in [0.2, 0.25) is 0 Å². The molecule has 1 amide bonds. The van der Waals surface area contributed by atoms with Gasteiger partial charge in [0.2, 0.25) is 0 Å². The average Bonchev–Trinajstić information content (AvgIpc) is 3.08. The monoisotopic (exact) mass is 341 g/mol. The summed E-state index contributed by atoms with van der Waals surface area (Å²) in [5, 5.41) is 1.36. The smallest absolute Gasteiger partial charge is 0.410 e. The van der Waals surface area contributed by atoms with E-state index >= 15 is 0 Å². The highest BCUT2D eigenvalue weighted by molar-refractivity contribution is 5.83. The number of ether oxygens (including phenoxy) is 1. The quantitative estimate of drug-likeness (QED) is 0.858. The maximum Gasteiger partial charge on any atom is 0.410 e. The second kappa shape index (κ2) is 6.37. The Hall–Kier alpha value is -2.01.